The highest BCUT2D eigenvalue weighted by Crippen LogP contribution is 2.43. The van der Waals surface area contributed by atoms with Crippen molar-refractivity contribution < 1.29 is 9.47 Å². The van der Waals surface area contributed by atoms with E-state index >= 15 is 0 Å². The number of hydrogen-bond acceptors (Lipinski definition) is 3. The summed E-state index contributed by atoms with van der Waals surface area (Å²) in [6.45, 7) is 3.57. The summed E-state index contributed by atoms with van der Waals surface area (Å²) in [6.07, 6.45) is 7.83. The molecule has 0 spiro atoms. The third kappa shape index (κ3) is 2.85. The monoisotopic (exact) mass is 364 g/mol. The van der Waals surface area contributed by atoms with E-state index in [2.05, 4.69) is 17.2 Å². The number of hydrogen-bond donors (Lipinski definition) is 0. The Labute approximate surface area is 156 Å². The first-order valence-electron chi connectivity index (χ1n) is 8.95. The van der Waals surface area contributed by atoms with Crippen molar-refractivity contribution in [3.8, 4) is 0 Å². The van der Waals surface area contributed by atoms with Crippen LogP contribution in [0.5, 0.6) is 0 Å². The van der Waals surface area contributed by atoms with E-state index in [1.54, 1.807) is 4.57 Å². The second-order valence-corrected chi connectivity index (χ2v) is 7.98. The van der Waals surface area contributed by atoms with Gasteiger partial charge in [-0.05, 0) is 36.4 Å². The molecule has 0 N–H and O–H groups in total. The first kappa shape index (κ1) is 17.3. The molecule has 5 heteroatoms. The van der Waals surface area contributed by atoms with Crippen LogP contribution < -0.4 is 5.56 Å². The van der Waals surface area contributed by atoms with Gasteiger partial charge in [-0.3, -0.25) is 4.79 Å². The molecule has 2 aliphatic rings. The molecule has 133 valence electrons. The molecule has 1 aromatic carbocycles. The number of allylic oxidation sites excluding steroid dienone is 4. The zero-order valence-corrected chi connectivity index (χ0v) is 16.1. The molecule has 3 radical (unpaired) electrons. The second kappa shape index (κ2) is 6.56. The first-order chi connectivity index (χ1) is 12.5. The molecule has 0 bridgehead atoms. The average molecular weight is 364 g/mol. The molecule has 1 aliphatic carbocycles. The van der Waals surface area contributed by atoms with Crippen molar-refractivity contribution in [3.05, 3.63) is 69.5 Å². The van der Waals surface area contributed by atoms with Crippen molar-refractivity contribution in [2.75, 3.05) is 13.2 Å². The molecule has 2 aromatic rings. The third-order valence-electron chi connectivity index (χ3n) is 5.39. The van der Waals surface area contributed by atoms with Crippen LogP contribution in [0.3, 0.4) is 0 Å². The van der Waals surface area contributed by atoms with Gasteiger partial charge in [-0.2, -0.15) is 0 Å². The fraction of sp³-hybridized carbons (Fsp3) is 0.381. The van der Waals surface area contributed by atoms with E-state index in [1.807, 2.05) is 49.7 Å². The molecule has 2 heterocycles. The summed E-state index contributed by atoms with van der Waals surface area (Å²) < 4.78 is 13.5. The van der Waals surface area contributed by atoms with E-state index in [-0.39, 0.29) is 17.1 Å². The Kier molecular flexibility index (Phi) is 4.37. The lowest BCUT2D eigenvalue weighted by Crippen LogP contribution is -2.33. The number of benzene rings is 1. The zero-order valence-electron chi connectivity index (χ0n) is 15.1. The van der Waals surface area contributed by atoms with Gasteiger partial charge in [-0.25, -0.2) is 0 Å². The summed E-state index contributed by atoms with van der Waals surface area (Å²) in [5, 5.41) is 2.83. The Bertz CT molecular complexity index is 969. The standard InChI is InChI=1S/C21H22NO3Si/c1-21(11-15(26)7-8-19(21)25-14-9-10-24-13-14)18-12-22(2)20(23)17-6-4-3-5-16(17)18/h3-8,12,14H,9-11,13H2,1-2H3. The maximum Gasteiger partial charge on any atom is 0.258 e. The molecule has 2 unspecified atom stereocenters. The molecule has 0 amide bonds. The molecular weight excluding hydrogens is 342 g/mol. The number of ether oxygens (including phenoxy) is 2. The van der Waals surface area contributed by atoms with Gasteiger partial charge in [0.05, 0.1) is 28.9 Å². The summed E-state index contributed by atoms with van der Waals surface area (Å²) in [6, 6.07) is 7.82. The van der Waals surface area contributed by atoms with E-state index in [9.17, 15) is 4.79 Å². The van der Waals surface area contributed by atoms with Gasteiger partial charge in [0, 0.05) is 25.1 Å². The van der Waals surface area contributed by atoms with Crippen LogP contribution in [0.2, 0.25) is 0 Å². The van der Waals surface area contributed by atoms with E-state index in [4.69, 9.17) is 9.47 Å². The predicted octanol–water partition coefficient (Wildman–Crippen LogP) is 2.94. The predicted molar refractivity (Wildman–Crippen MR) is 103 cm³/mol. The fourth-order valence-electron chi connectivity index (χ4n) is 3.93. The van der Waals surface area contributed by atoms with E-state index in [0.29, 0.717) is 6.61 Å². The number of nitrogens with zero attached hydrogens (tertiary/aromatic N) is 1. The highest BCUT2D eigenvalue weighted by atomic mass is 28.1. The third-order valence-corrected chi connectivity index (χ3v) is 5.73. The van der Waals surface area contributed by atoms with Crippen LogP contribution in [0.4, 0.5) is 0 Å². The van der Waals surface area contributed by atoms with Gasteiger partial charge >= 0.3 is 0 Å². The van der Waals surface area contributed by atoms with Gasteiger partial charge in [-0.1, -0.05) is 29.5 Å². The van der Waals surface area contributed by atoms with E-state index in [1.165, 1.54) is 0 Å². The van der Waals surface area contributed by atoms with Crippen LogP contribution in [0, 0.1) is 0 Å². The van der Waals surface area contributed by atoms with Crippen LogP contribution in [0.25, 0.3) is 10.8 Å². The van der Waals surface area contributed by atoms with Crippen molar-refractivity contribution in [2.45, 2.75) is 31.3 Å². The fourth-order valence-corrected chi connectivity index (χ4v) is 4.36. The second-order valence-electron chi connectivity index (χ2n) is 7.34. The highest BCUT2D eigenvalue weighted by Gasteiger charge is 2.38. The molecule has 4 nitrogen and oxygen atoms in total. The van der Waals surface area contributed by atoms with Crippen molar-refractivity contribution in [1.29, 1.82) is 0 Å². The molecule has 1 aliphatic heterocycles. The van der Waals surface area contributed by atoms with Crippen LogP contribution >= 0.6 is 0 Å². The van der Waals surface area contributed by atoms with E-state index in [0.717, 1.165) is 46.7 Å². The number of aryl methyl sites for hydroxylation is 1. The molecule has 1 aromatic heterocycles. The minimum absolute atomic E-state index is 0.0218. The maximum absolute atomic E-state index is 12.6. The topological polar surface area (TPSA) is 40.5 Å². The van der Waals surface area contributed by atoms with Crippen molar-refractivity contribution in [1.82, 2.24) is 4.57 Å². The summed E-state index contributed by atoms with van der Waals surface area (Å²) >= 11 is 0. The lowest BCUT2D eigenvalue weighted by atomic mass is 9.74. The lowest BCUT2D eigenvalue weighted by molar-refractivity contribution is 0.0698. The Hall–Kier alpha value is -2.11. The van der Waals surface area contributed by atoms with Gasteiger partial charge in [0.25, 0.3) is 5.56 Å². The molecule has 1 fully saturated rings. The van der Waals surface area contributed by atoms with Gasteiger partial charge in [-0.15, -0.1) is 0 Å². The van der Waals surface area contributed by atoms with Gasteiger partial charge in [0.15, 0.2) is 0 Å². The summed E-state index contributed by atoms with van der Waals surface area (Å²) in [5.41, 5.74) is 0.761. The zero-order chi connectivity index (χ0) is 18.3. The summed E-state index contributed by atoms with van der Waals surface area (Å²) in [5.74, 6) is 0.929. The number of aromatic nitrogens is 1. The molecule has 4 rings (SSSR count). The minimum atomic E-state index is -0.362. The van der Waals surface area contributed by atoms with Gasteiger partial charge < -0.3 is 14.0 Å². The molecular formula is C21H22NO3Si. The summed E-state index contributed by atoms with van der Waals surface area (Å²) in [7, 11) is 5.53. The van der Waals surface area contributed by atoms with Crippen molar-refractivity contribution in [3.63, 3.8) is 0 Å². The Morgan fingerprint density at radius 2 is 2.04 bits per heavy atom. The minimum Gasteiger partial charge on any atom is -0.491 e. The van der Waals surface area contributed by atoms with Crippen LogP contribution in [0.1, 0.15) is 25.3 Å². The average Bonchev–Trinajstić information content (AvgIpc) is 3.14. The quantitative estimate of drug-likeness (QED) is 0.786. The SMILES string of the molecule is Cn1cc(C2(C)CC([Si])=CC=C2OC2CCOC2)c2ccccc2c1=O. The Balaban J connectivity index is 1.88. The molecule has 26 heavy (non-hydrogen) atoms. The Morgan fingerprint density at radius 3 is 2.77 bits per heavy atom. The largest absolute Gasteiger partial charge is 0.491 e. The van der Waals surface area contributed by atoms with Crippen LogP contribution in [-0.4, -0.2) is 34.1 Å². The van der Waals surface area contributed by atoms with Crippen LogP contribution in [-0.2, 0) is 21.9 Å². The molecule has 0 saturated carbocycles. The number of fused-ring (bicyclic) bond motifs is 1. The van der Waals surface area contributed by atoms with Crippen molar-refractivity contribution >= 4 is 21.0 Å². The van der Waals surface area contributed by atoms with E-state index < -0.39 is 0 Å². The molecule has 2 atom stereocenters. The van der Waals surface area contributed by atoms with Gasteiger partial charge in [0.2, 0.25) is 0 Å². The number of rotatable bonds is 3. The molecule has 1 saturated heterocycles. The van der Waals surface area contributed by atoms with Gasteiger partial charge in [0.1, 0.15) is 11.9 Å². The first-order valence-corrected chi connectivity index (χ1v) is 9.45. The Morgan fingerprint density at radius 1 is 1.27 bits per heavy atom. The lowest BCUT2D eigenvalue weighted by Gasteiger charge is -2.37. The maximum atomic E-state index is 12.6. The summed E-state index contributed by atoms with van der Waals surface area (Å²) in [4.78, 5) is 12.6. The van der Waals surface area contributed by atoms with Crippen molar-refractivity contribution in [2.24, 2.45) is 7.05 Å². The highest BCUT2D eigenvalue weighted by molar-refractivity contribution is 6.22. The van der Waals surface area contributed by atoms with Crippen LogP contribution in [0.15, 0.2) is 58.4 Å². The number of pyridine rings is 1. The normalized spacial score (nSPS) is 25.9. The smallest absolute Gasteiger partial charge is 0.258 e.